The SMILES string of the molecule is c1ccc(CN2CC[C@H](N3CCc4nocc4C3)C2)cc1. The van der Waals surface area contributed by atoms with Gasteiger partial charge in [-0.15, -0.1) is 0 Å². The van der Waals surface area contributed by atoms with Crippen molar-refractivity contribution in [1.82, 2.24) is 15.0 Å². The molecular formula is C17H21N3O. The third-order valence-corrected chi connectivity index (χ3v) is 4.75. The Morgan fingerprint density at radius 2 is 2.10 bits per heavy atom. The first kappa shape index (κ1) is 13.0. The van der Waals surface area contributed by atoms with Gasteiger partial charge in [-0.3, -0.25) is 9.80 Å². The molecule has 0 spiro atoms. The third-order valence-electron chi connectivity index (χ3n) is 4.75. The highest BCUT2D eigenvalue weighted by Crippen LogP contribution is 2.24. The molecule has 110 valence electrons. The molecule has 0 saturated carbocycles. The van der Waals surface area contributed by atoms with Crippen LogP contribution in [-0.2, 0) is 19.5 Å². The molecule has 3 heterocycles. The van der Waals surface area contributed by atoms with Crippen LogP contribution in [-0.4, -0.2) is 40.6 Å². The zero-order chi connectivity index (χ0) is 14.1. The second-order valence-electron chi connectivity index (χ2n) is 6.17. The van der Waals surface area contributed by atoms with Crippen molar-refractivity contribution in [2.24, 2.45) is 0 Å². The van der Waals surface area contributed by atoms with Gasteiger partial charge in [0.1, 0.15) is 6.26 Å². The number of benzene rings is 1. The van der Waals surface area contributed by atoms with Crippen LogP contribution in [0.5, 0.6) is 0 Å². The molecule has 1 fully saturated rings. The Bertz CT molecular complexity index is 595. The van der Waals surface area contributed by atoms with Crippen molar-refractivity contribution in [3.63, 3.8) is 0 Å². The van der Waals surface area contributed by atoms with E-state index in [1.54, 1.807) is 0 Å². The molecule has 4 heteroatoms. The minimum absolute atomic E-state index is 0.678. The fourth-order valence-electron chi connectivity index (χ4n) is 3.57. The van der Waals surface area contributed by atoms with Gasteiger partial charge in [0, 0.05) is 50.7 Å². The Labute approximate surface area is 125 Å². The van der Waals surface area contributed by atoms with Crippen LogP contribution in [0.15, 0.2) is 41.1 Å². The van der Waals surface area contributed by atoms with Crippen LogP contribution >= 0.6 is 0 Å². The number of aromatic nitrogens is 1. The summed E-state index contributed by atoms with van der Waals surface area (Å²) in [5.41, 5.74) is 3.85. The number of likely N-dealkylation sites (tertiary alicyclic amines) is 1. The Morgan fingerprint density at radius 1 is 1.19 bits per heavy atom. The molecule has 0 aliphatic carbocycles. The van der Waals surface area contributed by atoms with Gasteiger partial charge in [0.25, 0.3) is 0 Å². The van der Waals surface area contributed by atoms with E-state index in [0.29, 0.717) is 6.04 Å². The fourth-order valence-corrected chi connectivity index (χ4v) is 3.57. The van der Waals surface area contributed by atoms with Crippen LogP contribution in [0.3, 0.4) is 0 Å². The van der Waals surface area contributed by atoms with E-state index in [2.05, 4.69) is 45.3 Å². The average molecular weight is 283 g/mol. The summed E-state index contributed by atoms with van der Waals surface area (Å²) in [6.45, 7) is 5.57. The first-order chi connectivity index (χ1) is 10.4. The summed E-state index contributed by atoms with van der Waals surface area (Å²) in [6.07, 6.45) is 4.12. The molecule has 1 atom stereocenters. The normalized spacial score (nSPS) is 23.3. The standard InChI is InChI=1S/C17H21N3O/c1-2-4-14(5-3-1)10-19-8-6-16(12-19)20-9-7-17-15(11-20)13-21-18-17/h1-5,13,16H,6-12H2/t16-/m0/s1. The van der Waals surface area contributed by atoms with Crippen LogP contribution in [0, 0.1) is 0 Å². The van der Waals surface area contributed by atoms with E-state index in [1.165, 1.54) is 30.6 Å². The van der Waals surface area contributed by atoms with Crippen LogP contribution < -0.4 is 0 Å². The fraction of sp³-hybridized carbons (Fsp3) is 0.471. The van der Waals surface area contributed by atoms with E-state index in [4.69, 9.17) is 4.52 Å². The molecule has 2 aliphatic heterocycles. The molecule has 21 heavy (non-hydrogen) atoms. The van der Waals surface area contributed by atoms with Gasteiger partial charge in [-0.05, 0) is 12.0 Å². The minimum atomic E-state index is 0.678. The van der Waals surface area contributed by atoms with Gasteiger partial charge in [-0.2, -0.15) is 0 Å². The number of rotatable bonds is 3. The molecule has 2 aliphatic rings. The van der Waals surface area contributed by atoms with Crippen molar-refractivity contribution < 1.29 is 4.52 Å². The zero-order valence-electron chi connectivity index (χ0n) is 12.2. The summed E-state index contributed by atoms with van der Waals surface area (Å²) >= 11 is 0. The maximum atomic E-state index is 5.09. The zero-order valence-corrected chi connectivity index (χ0v) is 12.2. The van der Waals surface area contributed by atoms with Gasteiger partial charge in [0.2, 0.25) is 0 Å². The average Bonchev–Trinajstić information content (AvgIpc) is 3.16. The molecular weight excluding hydrogens is 262 g/mol. The van der Waals surface area contributed by atoms with Crippen molar-refractivity contribution in [3.05, 3.63) is 53.4 Å². The largest absolute Gasteiger partial charge is 0.364 e. The number of hydrogen-bond donors (Lipinski definition) is 0. The van der Waals surface area contributed by atoms with Crippen molar-refractivity contribution in [1.29, 1.82) is 0 Å². The molecule has 1 aromatic carbocycles. The molecule has 0 N–H and O–H groups in total. The Morgan fingerprint density at radius 3 is 3.00 bits per heavy atom. The van der Waals surface area contributed by atoms with E-state index in [9.17, 15) is 0 Å². The predicted octanol–water partition coefficient (Wildman–Crippen LogP) is 2.31. The predicted molar refractivity (Wildman–Crippen MR) is 80.7 cm³/mol. The molecule has 0 bridgehead atoms. The topological polar surface area (TPSA) is 32.5 Å². The summed E-state index contributed by atoms with van der Waals surface area (Å²) in [5, 5.41) is 4.08. The van der Waals surface area contributed by atoms with Crippen molar-refractivity contribution in [2.45, 2.75) is 32.0 Å². The second kappa shape index (κ2) is 5.62. The number of nitrogens with zero attached hydrogens (tertiary/aromatic N) is 3. The highest BCUT2D eigenvalue weighted by molar-refractivity contribution is 5.18. The van der Waals surface area contributed by atoms with Gasteiger partial charge in [-0.1, -0.05) is 35.5 Å². The lowest BCUT2D eigenvalue weighted by molar-refractivity contribution is 0.174. The minimum Gasteiger partial charge on any atom is -0.364 e. The lowest BCUT2D eigenvalue weighted by Gasteiger charge is -2.31. The molecule has 1 saturated heterocycles. The third kappa shape index (κ3) is 2.74. The first-order valence-corrected chi connectivity index (χ1v) is 7.81. The summed E-state index contributed by atoms with van der Waals surface area (Å²) in [6, 6.07) is 11.5. The molecule has 0 radical (unpaired) electrons. The monoisotopic (exact) mass is 283 g/mol. The van der Waals surface area contributed by atoms with Gasteiger partial charge in [0.05, 0.1) is 5.69 Å². The van der Waals surface area contributed by atoms with Gasteiger partial charge < -0.3 is 4.52 Å². The number of fused-ring (bicyclic) bond motifs is 1. The summed E-state index contributed by atoms with van der Waals surface area (Å²) in [5.74, 6) is 0. The Kier molecular flexibility index (Phi) is 3.49. The maximum absolute atomic E-state index is 5.09. The molecule has 1 aromatic heterocycles. The quantitative estimate of drug-likeness (QED) is 0.865. The van der Waals surface area contributed by atoms with E-state index in [0.717, 1.165) is 31.7 Å². The van der Waals surface area contributed by atoms with Crippen molar-refractivity contribution in [3.8, 4) is 0 Å². The van der Waals surface area contributed by atoms with E-state index in [-0.39, 0.29) is 0 Å². The molecule has 4 nitrogen and oxygen atoms in total. The highest BCUT2D eigenvalue weighted by Gasteiger charge is 2.30. The van der Waals surface area contributed by atoms with Crippen LogP contribution in [0.2, 0.25) is 0 Å². The first-order valence-electron chi connectivity index (χ1n) is 7.81. The van der Waals surface area contributed by atoms with Crippen LogP contribution in [0.25, 0.3) is 0 Å². The molecule has 4 rings (SSSR count). The van der Waals surface area contributed by atoms with Crippen LogP contribution in [0.1, 0.15) is 23.2 Å². The van der Waals surface area contributed by atoms with Gasteiger partial charge >= 0.3 is 0 Å². The molecule has 0 amide bonds. The van der Waals surface area contributed by atoms with E-state index in [1.807, 2.05) is 6.26 Å². The second-order valence-corrected chi connectivity index (χ2v) is 6.17. The molecule has 0 unspecified atom stereocenters. The highest BCUT2D eigenvalue weighted by atomic mass is 16.5. The van der Waals surface area contributed by atoms with Gasteiger partial charge in [0.15, 0.2) is 0 Å². The molecule has 2 aromatic rings. The van der Waals surface area contributed by atoms with Crippen molar-refractivity contribution in [2.75, 3.05) is 19.6 Å². The number of hydrogen-bond acceptors (Lipinski definition) is 4. The van der Waals surface area contributed by atoms with E-state index >= 15 is 0 Å². The lowest BCUT2D eigenvalue weighted by Crippen LogP contribution is -2.40. The summed E-state index contributed by atoms with van der Waals surface area (Å²) in [4.78, 5) is 5.17. The lowest BCUT2D eigenvalue weighted by atomic mass is 10.1. The smallest absolute Gasteiger partial charge is 0.128 e. The summed E-state index contributed by atoms with van der Waals surface area (Å²) in [7, 11) is 0. The Balaban J connectivity index is 1.36. The van der Waals surface area contributed by atoms with Crippen molar-refractivity contribution >= 4 is 0 Å². The summed E-state index contributed by atoms with van der Waals surface area (Å²) < 4.78 is 5.09. The Hall–Kier alpha value is -1.65. The maximum Gasteiger partial charge on any atom is 0.128 e. The van der Waals surface area contributed by atoms with Gasteiger partial charge in [-0.25, -0.2) is 0 Å². The van der Waals surface area contributed by atoms with Crippen LogP contribution in [0.4, 0.5) is 0 Å². The van der Waals surface area contributed by atoms with E-state index < -0.39 is 0 Å².